The average molecular weight is 419 g/mol. The Morgan fingerprint density at radius 2 is 1.83 bits per heavy atom. The van der Waals surface area contributed by atoms with Gasteiger partial charge in [-0.25, -0.2) is 0 Å². The molecule has 8 heteroatoms. The number of carbonyl (C=O) groups is 3. The van der Waals surface area contributed by atoms with Gasteiger partial charge in [0.1, 0.15) is 23.6 Å². The Morgan fingerprint density at radius 1 is 1.13 bits per heavy atom. The van der Waals surface area contributed by atoms with Crippen molar-refractivity contribution in [3.05, 3.63) is 23.7 Å². The first-order chi connectivity index (χ1) is 14.3. The normalized spacial score (nSPS) is 24.4. The predicted octanol–water partition coefficient (Wildman–Crippen LogP) is 1.78. The molecule has 1 saturated carbocycles. The fourth-order valence-corrected chi connectivity index (χ4v) is 4.73. The van der Waals surface area contributed by atoms with Crippen LogP contribution in [0.2, 0.25) is 0 Å². The van der Waals surface area contributed by atoms with E-state index in [1.807, 2.05) is 19.1 Å². The molecule has 3 amide bonds. The molecule has 2 fully saturated rings. The molecule has 2 aliphatic rings. The van der Waals surface area contributed by atoms with Crippen LogP contribution in [0.4, 0.5) is 0 Å². The zero-order chi connectivity index (χ0) is 21.8. The van der Waals surface area contributed by atoms with Crippen molar-refractivity contribution in [2.24, 2.45) is 11.7 Å². The quantitative estimate of drug-likeness (QED) is 0.624. The minimum absolute atomic E-state index is 0.0485. The summed E-state index contributed by atoms with van der Waals surface area (Å²) in [5.74, 6) is 0.473. The maximum absolute atomic E-state index is 13.8. The number of nitrogens with two attached hydrogens (primary N) is 1. The number of hydrogen-bond acceptors (Lipinski definition) is 5. The van der Waals surface area contributed by atoms with Crippen molar-refractivity contribution < 1.29 is 18.8 Å². The van der Waals surface area contributed by atoms with E-state index in [1.165, 1.54) is 0 Å². The second-order valence-electron chi connectivity index (χ2n) is 8.60. The monoisotopic (exact) mass is 418 g/mol. The summed E-state index contributed by atoms with van der Waals surface area (Å²) in [5.41, 5.74) is 5.66. The number of nitrogens with zero attached hydrogens (tertiary/aromatic N) is 1. The Morgan fingerprint density at radius 3 is 2.40 bits per heavy atom. The number of aryl methyl sites for hydroxylation is 1. The van der Waals surface area contributed by atoms with Crippen LogP contribution in [-0.2, 0) is 14.4 Å². The molecule has 0 spiro atoms. The van der Waals surface area contributed by atoms with Gasteiger partial charge in [0.2, 0.25) is 17.7 Å². The molecule has 166 valence electrons. The largest absolute Gasteiger partial charge is 0.464 e. The minimum Gasteiger partial charge on any atom is -0.464 e. The van der Waals surface area contributed by atoms with Gasteiger partial charge in [-0.2, -0.15) is 0 Å². The SMILES string of the molecule is CN[C@@H](C)C(=O)N[C@H](C(=O)N1C(C(N)=O)CCC1c1ccc(C)o1)C1CCCCC1. The number of nitrogens with one attached hydrogen (secondary N) is 2. The molecule has 1 aliphatic carbocycles. The predicted molar refractivity (Wildman–Crippen MR) is 112 cm³/mol. The third-order valence-corrected chi connectivity index (χ3v) is 6.57. The first-order valence-electron chi connectivity index (χ1n) is 11.0. The number of hydrogen-bond donors (Lipinski definition) is 3. The average Bonchev–Trinajstić information content (AvgIpc) is 3.37. The molecule has 0 radical (unpaired) electrons. The van der Waals surface area contributed by atoms with Gasteiger partial charge in [-0.1, -0.05) is 19.3 Å². The highest BCUT2D eigenvalue weighted by molar-refractivity contribution is 5.93. The Labute approximate surface area is 177 Å². The molecule has 3 rings (SSSR count). The summed E-state index contributed by atoms with van der Waals surface area (Å²) >= 11 is 0. The zero-order valence-electron chi connectivity index (χ0n) is 18.1. The van der Waals surface area contributed by atoms with Gasteiger partial charge in [0.15, 0.2) is 0 Å². The molecule has 4 N–H and O–H groups in total. The highest BCUT2D eigenvalue weighted by atomic mass is 16.3. The van der Waals surface area contributed by atoms with Gasteiger partial charge < -0.3 is 25.7 Å². The lowest BCUT2D eigenvalue weighted by Gasteiger charge is -2.36. The summed E-state index contributed by atoms with van der Waals surface area (Å²) in [7, 11) is 1.71. The van der Waals surface area contributed by atoms with E-state index in [-0.39, 0.29) is 23.8 Å². The van der Waals surface area contributed by atoms with Crippen LogP contribution in [-0.4, -0.2) is 47.8 Å². The van der Waals surface area contributed by atoms with Gasteiger partial charge in [-0.15, -0.1) is 0 Å². The Kier molecular flexibility index (Phi) is 7.18. The van der Waals surface area contributed by atoms with E-state index in [2.05, 4.69) is 10.6 Å². The molecule has 2 heterocycles. The van der Waals surface area contributed by atoms with Crippen molar-refractivity contribution in [1.82, 2.24) is 15.5 Å². The van der Waals surface area contributed by atoms with Crippen molar-refractivity contribution in [1.29, 1.82) is 0 Å². The Bertz CT molecular complexity index is 771. The first-order valence-corrected chi connectivity index (χ1v) is 11.0. The molecule has 1 aromatic heterocycles. The molecule has 1 saturated heterocycles. The fourth-order valence-electron chi connectivity index (χ4n) is 4.73. The van der Waals surface area contributed by atoms with Gasteiger partial charge in [0.05, 0.1) is 12.1 Å². The molecule has 8 nitrogen and oxygen atoms in total. The molecule has 30 heavy (non-hydrogen) atoms. The van der Waals surface area contributed by atoms with E-state index < -0.39 is 24.0 Å². The number of primary amides is 1. The first kappa shape index (κ1) is 22.3. The molecule has 1 aliphatic heterocycles. The van der Waals surface area contributed by atoms with Crippen LogP contribution in [0.5, 0.6) is 0 Å². The highest BCUT2D eigenvalue weighted by Gasteiger charge is 2.46. The maximum Gasteiger partial charge on any atom is 0.246 e. The Hall–Kier alpha value is -2.35. The topological polar surface area (TPSA) is 118 Å². The fraction of sp³-hybridized carbons (Fsp3) is 0.682. The molecule has 1 aromatic rings. The molecule has 0 bridgehead atoms. The Balaban J connectivity index is 1.91. The number of amides is 3. The van der Waals surface area contributed by atoms with Crippen LogP contribution >= 0.6 is 0 Å². The zero-order valence-corrected chi connectivity index (χ0v) is 18.1. The lowest BCUT2D eigenvalue weighted by atomic mass is 9.83. The standard InChI is InChI=1S/C22H34N4O4/c1-13-9-12-18(30-13)16-10-11-17(20(23)27)26(16)22(29)19(15-7-5-4-6-8-15)25-21(28)14(2)24-3/h9,12,14-17,19,24H,4-8,10-11H2,1-3H3,(H2,23,27)(H,25,28)/t14-,16?,17?,19-/m0/s1. The van der Waals surface area contributed by atoms with Gasteiger partial charge in [0, 0.05) is 0 Å². The summed E-state index contributed by atoms with van der Waals surface area (Å²) in [4.78, 5) is 40.2. The van der Waals surface area contributed by atoms with E-state index in [9.17, 15) is 14.4 Å². The second-order valence-corrected chi connectivity index (χ2v) is 8.60. The molecule has 2 unspecified atom stereocenters. The van der Waals surface area contributed by atoms with E-state index >= 15 is 0 Å². The van der Waals surface area contributed by atoms with E-state index in [0.29, 0.717) is 18.6 Å². The van der Waals surface area contributed by atoms with Crippen LogP contribution in [0, 0.1) is 12.8 Å². The number of carbonyl (C=O) groups excluding carboxylic acids is 3. The number of likely N-dealkylation sites (N-methyl/N-ethyl adjacent to an activating group) is 1. The van der Waals surface area contributed by atoms with E-state index in [0.717, 1.165) is 37.9 Å². The van der Waals surface area contributed by atoms with Crippen molar-refractivity contribution in [2.75, 3.05) is 7.05 Å². The van der Waals surface area contributed by atoms with Gasteiger partial charge in [-0.3, -0.25) is 14.4 Å². The number of furan rings is 1. The summed E-state index contributed by atoms with van der Waals surface area (Å²) < 4.78 is 5.79. The van der Waals surface area contributed by atoms with Crippen LogP contribution in [0.15, 0.2) is 16.5 Å². The van der Waals surface area contributed by atoms with E-state index in [1.54, 1.807) is 18.9 Å². The minimum atomic E-state index is -0.697. The van der Waals surface area contributed by atoms with Gasteiger partial charge in [0.25, 0.3) is 0 Å². The van der Waals surface area contributed by atoms with Crippen LogP contribution < -0.4 is 16.4 Å². The highest BCUT2D eigenvalue weighted by Crippen LogP contribution is 2.39. The van der Waals surface area contributed by atoms with Crippen molar-refractivity contribution in [2.45, 2.75) is 83.0 Å². The number of likely N-dealkylation sites (tertiary alicyclic amines) is 1. The second kappa shape index (κ2) is 9.64. The molecular weight excluding hydrogens is 384 g/mol. The maximum atomic E-state index is 13.8. The lowest BCUT2D eigenvalue weighted by Crippen LogP contribution is -2.58. The van der Waals surface area contributed by atoms with Crippen LogP contribution in [0.1, 0.15) is 69.4 Å². The van der Waals surface area contributed by atoms with Crippen LogP contribution in [0.25, 0.3) is 0 Å². The van der Waals surface area contributed by atoms with Crippen molar-refractivity contribution in [3.8, 4) is 0 Å². The summed E-state index contributed by atoms with van der Waals surface area (Å²) in [6.45, 7) is 3.61. The third kappa shape index (κ3) is 4.69. The lowest BCUT2D eigenvalue weighted by molar-refractivity contribution is -0.144. The van der Waals surface area contributed by atoms with Gasteiger partial charge in [-0.05, 0) is 64.6 Å². The van der Waals surface area contributed by atoms with Crippen molar-refractivity contribution in [3.63, 3.8) is 0 Å². The summed E-state index contributed by atoms with van der Waals surface area (Å²) in [6, 6.07) is 1.56. The molecule has 4 atom stereocenters. The molecule has 0 aromatic carbocycles. The van der Waals surface area contributed by atoms with Gasteiger partial charge >= 0.3 is 0 Å². The third-order valence-electron chi connectivity index (χ3n) is 6.57. The summed E-state index contributed by atoms with van der Waals surface area (Å²) in [5, 5.41) is 5.90. The van der Waals surface area contributed by atoms with Crippen molar-refractivity contribution >= 4 is 17.7 Å². The summed E-state index contributed by atoms with van der Waals surface area (Å²) in [6.07, 6.45) is 6.06. The van der Waals surface area contributed by atoms with E-state index in [4.69, 9.17) is 10.2 Å². The smallest absolute Gasteiger partial charge is 0.246 e. The molecular formula is C22H34N4O4. The van der Waals surface area contributed by atoms with Crippen LogP contribution in [0.3, 0.4) is 0 Å². The number of rotatable bonds is 7.